The van der Waals surface area contributed by atoms with Gasteiger partial charge in [-0.1, -0.05) is 0 Å². The van der Waals surface area contributed by atoms with E-state index in [1.165, 1.54) is 6.07 Å². The Morgan fingerprint density at radius 3 is 2.63 bits per heavy atom. The number of esters is 1. The first-order valence-electron chi connectivity index (χ1n) is 6.32. The number of ether oxygens (including phenoxy) is 1. The molecule has 1 rings (SSSR count). The molecular formula is C14H21NO3S. The van der Waals surface area contributed by atoms with Crippen molar-refractivity contribution < 1.29 is 9.53 Å². The molecule has 0 aliphatic heterocycles. The van der Waals surface area contributed by atoms with Crippen molar-refractivity contribution in [1.29, 1.82) is 0 Å². The zero-order chi connectivity index (χ0) is 14.6. The maximum atomic E-state index is 12.1. The summed E-state index contributed by atoms with van der Waals surface area (Å²) in [5.74, 6) is 0.467. The highest BCUT2D eigenvalue weighted by atomic mass is 32.2. The molecule has 1 aromatic rings. The minimum atomic E-state index is -0.359. The van der Waals surface area contributed by atoms with Crippen molar-refractivity contribution in [2.75, 3.05) is 18.6 Å². The molecule has 19 heavy (non-hydrogen) atoms. The second-order valence-corrected chi connectivity index (χ2v) is 5.43. The first kappa shape index (κ1) is 15.8. The van der Waals surface area contributed by atoms with Crippen LogP contribution >= 0.6 is 11.8 Å². The number of hydrogen-bond donors (Lipinski definition) is 0. The van der Waals surface area contributed by atoms with E-state index in [-0.39, 0.29) is 17.6 Å². The van der Waals surface area contributed by atoms with E-state index < -0.39 is 0 Å². The van der Waals surface area contributed by atoms with Gasteiger partial charge in [0.2, 0.25) is 0 Å². The molecule has 0 aliphatic rings. The van der Waals surface area contributed by atoms with Crippen molar-refractivity contribution >= 4 is 17.7 Å². The summed E-state index contributed by atoms with van der Waals surface area (Å²) in [6.45, 7) is 7.66. The van der Waals surface area contributed by atoms with Gasteiger partial charge in [0.25, 0.3) is 5.56 Å². The maximum absolute atomic E-state index is 12.1. The average Bonchev–Trinajstić information content (AvgIpc) is 2.28. The summed E-state index contributed by atoms with van der Waals surface area (Å²) in [6.07, 6.45) is 2.00. The van der Waals surface area contributed by atoms with Crippen LogP contribution in [0.4, 0.5) is 0 Å². The van der Waals surface area contributed by atoms with Crippen LogP contribution in [0.15, 0.2) is 10.9 Å². The molecule has 0 saturated carbocycles. The topological polar surface area (TPSA) is 48.3 Å². The van der Waals surface area contributed by atoms with Crippen LogP contribution in [0.1, 0.15) is 41.5 Å². The first-order chi connectivity index (χ1) is 8.93. The van der Waals surface area contributed by atoms with Crippen molar-refractivity contribution in [3.05, 3.63) is 33.2 Å². The van der Waals surface area contributed by atoms with Crippen molar-refractivity contribution in [1.82, 2.24) is 4.57 Å². The molecule has 1 unspecified atom stereocenters. The Bertz CT molecular complexity index is 522. The SMILES string of the molecule is CCOC(=O)c1c(C)cc(=O)n(C(C)CSC)c1C. The van der Waals surface area contributed by atoms with Crippen molar-refractivity contribution in [2.24, 2.45) is 0 Å². The number of carbonyl (C=O) groups excluding carboxylic acids is 1. The Balaban J connectivity index is 3.38. The summed E-state index contributed by atoms with van der Waals surface area (Å²) in [5.41, 5.74) is 1.80. The molecule has 106 valence electrons. The van der Waals surface area contributed by atoms with Gasteiger partial charge in [-0.15, -0.1) is 0 Å². The van der Waals surface area contributed by atoms with Crippen LogP contribution in [0.25, 0.3) is 0 Å². The van der Waals surface area contributed by atoms with Crippen molar-refractivity contribution in [3.63, 3.8) is 0 Å². The van der Waals surface area contributed by atoms with E-state index in [9.17, 15) is 9.59 Å². The van der Waals surface area contributed by atoms with Gasteiger partial charge in [-0.25, -0.2) is 4.79 Å². The third-order valence-corrected chi connectivity index (χ3v) is 3.84. The molecule has 1 atom stereocenters. The molecular weight excluding hydrogens is 262 g/mol. The normalized spacial score (nSPS) is 12.3. The molecule has 1 heterocycles. The van der Waals surface area contributed by atoms with Gasteiger partial charge in [0, 0.05) is 23.6 Å². The lowest BCUT2D eigenvalue weighted by molar-refractivity contribution is 0.0523. The Morgan fingerprint density at radius 1 is 1.47 bits per heavy atom. The lowest BCUT2D eigenvalue weighted by Gasteiger charge is -2.20. The van der Waals surface area contributed by atoms with Gasteiger partial charge >= 0.3 is 5.97 Å². The third kappa shape index (κ3) is 3.41. The molecule has 0 spiro atoms. The minimum absolute atomic E-state index is 0.0521. The molecule has 0 radical (unpaired) electrons. The number of pyridine rings is 1. The van der Waals surface area contributed by atoms with Crippen molar-refractivity contribution in [3.8, 4) is 0 Å². The molecule has 0 saturated heterocycles. The Labute approximate surface area is 118 Å². The fourth-order valence-corrected chi connectivity index (χ4v) is 2.90. The summed E-state index contributed by atoms with van der Waals surface area (Å²) < 4.78 is 6.74. The van der Waals surface area contributed by atoms with Gasteiger partial charge in [-0.3, -0.25) is 4.79 Å². The smallest absolute Gasteiger partial charge is 0.340 e. The molecule has 1 aromatic heterocycles. The van der Waals surface area contributed by atoms with Crippen LogP contribution < -0.4 is 5.56 Å². The average molecular weight is 283 g/mol. The number of thioether (sulfide) groups is 1. The molecule has 0 fully saturated rings. The van der Waals surface area contributed by atoms with Crippen LogP contribution in [-0.4, -0.2) is 29.2 Å². The highest BCUT2D eigenvalue weighted by molar-refractivity contribution is 7.98. The molecule has 4 nitrogen and oxygen atoms in total. The second kappa shape index (κ2) is 6.80. The summed E-state index contributed by atoms with van der Waals surface area (Å²) in [5, 5.41) is 0. The predicted molar refractivity (Wildman–Crippen MR) is 79.2 cm³/mol. The maximum Gasteiger partial charge on any atom is 0.340 e. The quantitative estimate of drug-likeness (QED) is 0.779. The van der Waals surface area contributed by atoms with E-state index in [4.69, 9.17) is 4.74 Å². The first-order valence-corrected chi connectivity index (χ1v) is 7.72. The number of carbonyl (C=O) groups is 1. The standard InChI is InChI=1S/C14H21NO3S/c1-6-18-14(17)13-9(2)7-12(16)15(11(13)4)10(3)8-19-5/h7,10H,6,8H2,1-5H3. The van der Waals surface area contributed by atoms with Crippen LogP contribution in [0, 0.1) is 13.8 Å². The summed E-state index contributed by atoms with van der Waals surface area (Å²) in [7, 11) is 0. The Kier molecular flexibility index (Phi) is 5.66. The monoisotopic (exact) mass is 283 g/mol. The van der Waals surface area contributed by atoms with Gasteiger partial charge in [0.1, 0.15) is 0 Å². The van der Waals surface area contributed by atoms with Crippen LogP contribution in [0.2, 0.25) is 0 Å². The van der Waals surface area contributed by atoms with Gasteiger partial charge in [0.15, 0.2) is 0 Å². The molecule has 5 heteroatoms. The minimum Gasteiger partial charge on any atom is -0.462 e. The number of hydrogen-bond acceptors (Lipinski definition) is 4. The molecule has 0 bridgehead atoms. The third-order valence-electron chi connectivity index (χ3n) is 3.02. The second-order valence-electron chi connectivity index (χ2n) is 4.52. The van der Waals surface area contributed by atoms with Gasteiger partial charge < -0.3 is 9.30 Å². The lowest BCUT2D eigenvalue weighted by Crippen LogP contribution is -2.29. The van der Waals surface area contributed by atoms with Crippen LogP contribution in [0.5, 0.6) is 0 Å². The van der Waals surface area contributed by atoms with E-state index in [0.29, 0.717) is 23.4 Å². The van der Waals surface area contributed by atoms with Crippen LogP contribution in [-0.2, 0) is 4.74 Å². The Morgan fingerprint density at radius 2 is 2.11 bits per heavy atom. The van der Waals surface area contributed by atoms with Gasteiger partial charge in [-0.05, 0) is 39.5 Å². The summed E-state index contributed by atoms with van der Waals surface area (Å²) in [6, 6.07) is 1.56. The zero-order valence-corrected chi connectivity index (χ0v) is 13.0. The number of rotatable bonds is 5. The molecule has 0 aliphatic carbocycles. The zero-order valence-electron chi connectivity index (χ0n) is 12.1. The van der Waals surface area contributed by atoms with Crippen LogP contribution in [0.3, 0.4) is 0 Å². The van der Waals surface area contributed by atoms with E-state index in [2.05, 4.69) is 0 Å². The number of aromatic nitrogens is 1. The molecule has 0 amide bonds. The van der Waals surface area contributed by atoms with E-state index in [0.717, 1.165) is 5.75 Å². The summed E-state index contributed by atoms with van der Waals surface area (Å²) in [4.78, 5) is 24.1. The predicted octanol–water partition coefficient (Wildman–Crippen LogP) is 2.57. The fourth-order valence-electron chi connectivity index (χ4n) is 2.27. The summed E-state index contributed by atoms with van der Waals surface area (Å²) >= 11 is 1.67. The largest absolute Gasteiger partial charge is 0.462 e. The lowest BCUT2D eigenvalue weighted by atomic mass is 10.1. The fraction of sp³-hybridized carbons (Fsp3) is 0.571. The van der Waals surface area contributed by atoms with Crippen molar-refractivity contribution in [2.45, 2.75) is 33.7 Å². The number of aryl methyl sites for hydroxylation is 1. The Hall–Kier alpha value is -1.23. The van der Waals surface area contributed by atoms with E-state index >= 15 is 0 Å². The highest BCUT2D eigenvalue weighted by Crippen LogP contribution is 2.18. The number of nitrogens with zero attached hydrogens (tertiary/aromatic N) is 1. The van der Waals surface area contributed by atoms with Gasteiger partial charge in [0.05, 0.1) is 12.2 Å². The van der Waals surface area contributed by atoms with E-state index in [1.54, 1.807) is 37.1 Å². The molecule has 0 aromatic carbocycles. The molecule has 0 N–H and O–H groups in total. The van der Waals surface area contributed by atoms with E-state index in [1.807, 2.05) is 13.2 Å². The highest BCUT2D eigenvalue weighted by Gasteiger charge is 2.19. The van der Waals surface area contributed by atoms with Gasteiger partial charge in [-0.2, -0.15) is 11.8 Å².